The minimum absolute atomic E-state index is 0.268. The van der Waals surface area contributed by atoms with Crippen LogP contribution in [0.1, 0.15) is 26.1 Å². The molecular weight excluding hydrogens is 240 g/mol. The van der Waals surface area contributed by atoms with Gasteiger partial charge >= 0.3 is 5.97 Å². The van der Waals surface area contributed by atoms with Gasteiger partial charge in [-0.05, 0) is 13.3 Å². The summed E-state index contributed by atoms with van der Waals surface area (Å²) in [4.78, 5) is 11.3. The van der Waals surface area contributed by atoms with E-state index in [1.165, 1.54) is 18.9 Å². The Morgan fingerprint density at radius 1 is 1.59 bits per heavy atom. The van der Waals surface area contributed by atoms with Crippen LogP contribution in [-0.2, 0) is 22.6 Å². The number of hydrogen-bond acceptors (Lipinski definition) is 6. The first-order chi connectivity index (χ1) is 8.13. The number of ether oxygens (including phenoxy) is 1. The summed E-state index contributed by atoms with van der Waals surface area (Å²) >= 11 is 1.34. The van der Waals surface area contributed by atoms with Gasteiger partial charge in [-0.25, -0.2) is 0 Å². The second-order valence-electron chi connectivity index (χ2n) is 3.54. The van der Waals surface area contributed by atoms with Crippen molar-refractivity contribution in [2.45, 2.75) is 43.8 Å². The van der Waals surface area contributed by atoms with E-state index in [0.29, 0.717) is 11.7 Å². The molecule has 0 aliphatic rings. The molecule has 1 rings (SSSR count). The number of rotatable bonds is 6. The van der Waals surface area contributed by atoms with Gasteiger partial charge in [0.15, 0.2) is 5.16 Å². The van der Waals surface area contributed by atoms with Gasteiger partial charge in [0, 0.05) is 6.54 Å². The topological polar surface area (TPSA) is 83.0 Å². The van der Waals surface area contributed by atoms with Crippen LogP contribution < -0.4 is 5.73 Å². The number of carbonyl (C=O) groups excluding carboxylic acids is 1. The molecule has 1 unspecified atom stereocenters. The smallest absolute Gasteiger partial charge is 0.318 e. The second-order valence-corrected chi connectivity index (χ2v) is 4.85. The lowest BCUT2D eigenvalue weighted by atomic mass is 10.4. The molecule has 2 N–H and O–H groups in total. The highest BCUT2D eigenvalue weighted by Gasteiger charge is 2.19. The molecular formula is C10H18N4O2S. The Balaban J connectivity index is 2.83. The van der Waals surface area contributed by atoms with E-state index in [-0.39, 0.29) is 11.2 Å². The van der Waals surface area contributed by atoms with E-state index in [1.807, 2.05) is 4.57 Å². The summed E-state index contributed by atoms with van der Waals surface area (Å²) in [7, 11) is 1.38. The van der Waals surface area contributed by atoms with Crippen molar-refractivity contribution in [2.24, 2.45) is 5.73 Å². The third-order valence-electron chi connectivity index (χ3n) is 2.24. The minimum atomic E-state index is -0.301. The SMILES string of the molecule is CCCn1c(CN)nnc1SC(C)C(=O)OC. The Bertz CT molecular complexity index is 380. The molecule has 0 bridgehead atoms. The van der Waals surface area contributed by atoms with E-state index in [4.69, 9.17) is 5.73 Å². The maximum Gasteiger partial charge on any atom is 0.318 e. The molecule has 0 saturated carbocycles. The second kappa shape index (κ2) is 6.61. The number of nitrogens with two attached hydrogens (primary N) is 1. The van der Waals surface area contributed by atoms with Crippen LogP contribution in [-0.4, -0.2) is 33.1 Å². The average molecular weight is 258 g/mol. The van der Waals surface area contributed by atoms with E-state index in [2.05, 4.69) is 21.9 Å². The van der Waals surface area contributed by atoms with Gasteiger partial charge in [-0.1, -0.05) is 18.7 Å². The maximum atomic E-state index is 11.3. The predicted molar refractivity (Wildman–Crippen MR) is 65.5 cm³/mol. The molecule has 6 nitrogen and oxygen atoms in total. The van der Waals surface area contributed by atoms with E-state index in [9.17, 15) is 4.79 Å². The zero-order chi connectivity index (χ0) is 12.8. The molecule has 0 radical (unpaired) electrons. The molecule has 0 amide bonds. The highest BCUT2D eigenvalue weighted by atomic mass is 32.2. The lowest BCUT2D eigenvalue weighted by molar-refractivity contribution is -0.139. The van der Waals surface area contributed by atoms with Crippen molar-refractivity contribution in [2.75, 3.05) is 7.11 Å². The van der Waals surface area contributed by atoms with E-state index in [1.54, 1.807) is 6.92 Å². The fourth-order valence-corrected chi connectivity index (χ4v) is 2.30. The molecule has 1 aromatic rings. The first kappa shape index (κ1) is 14.0. The highest BCUT2D eigenvalue weighted by Crippen LogP contribution is 2.23. The Kier molecular flexibility index (Phi) is 5.43. The summed E-state index contributed by atoms with van der Waals surface area (Å²) in [5.41, 5.74) is 5.59. The van der Waals surface area contributed by atoms with Crippen LogP contribution in [0.2, 0.25) is 0 Å². The monoisotopic (exact) mass is 258 g/mol. The van der Waals surface area contributed by atoms with Crippen LogP contribution in [0.3, 0.4) is 0 Å². The Labute approximate surface area is 105 Å². The molecule has 0 saturated heterocycles. The van der Waals surface area contributed by atoms with Crippen molar-refractivity contribution in [3.63, 3.8) is 0 Å². The molecule has 0 aromatic carbocycles. The van der Waals surface area contributed by atoms with E-state index in [0.717, 1.165) is 18.8 Å². The molecule has 0 aliphatic heterocycles. The standard InChI is InChI=1S/C10H18N4O2S/c1-4-5-14-8(6-11)12-13-10(14)17-7(2)9(15)16-3/h7H,4-6,11H2,1-3H3. The van der Waals surface area contributed by atoms with Crippen molar-refractivity contribution < 1.29 is 9.53 Å². The van der Waals surface area contributed by atoms with Crippen molar-refractivity contribution in [1.82, 2.24) is 14.8 Å². The van der Waals surface area contributed by atoms with Crippen LogP contribution in [0.15, 0.2) is 5.16 Å². The molecule has 17 heavy (non-hydrogen) atoms. The maximum absolute atomic E-state index is 11.3. The van der Waals surface area contributed by atoms with Gasteiger partial charge in [0.05, 0.1) is 13.7 Å². The number of carbonyl (C=O) groups is 1. The van der Waals surface area contributed by atoms with Crippen LogP contribution in [0.5, 0.6) is 0 Å². The summed E-state index contributed by atoms with van der Waals surface area (Å²) in [5.74, 6) is 0.474. The molecule has 0 spiro atoms. The molecule has 7 heteroatoms. The van der Waals surface area contributed by atoms with Crippen molar-refractivity contribution in [3.05, 3.63) is 5.82 Å². The molecule has 96 valence electrons. The first-order valence-corrected chi connectivity index (χ1v) is 6.38. The van der Waals surface area contributed by atoms with E-state index < -0.39 is 0 Å². The molecule has 0 aliphatic carbocycles. The van der Waals surface area contributed by atoms with Crippen molar-refractivity contribution >= 4 is 17.7 Å². The van der Waals surface area contributed by atoms with Crippen LogP contribution in [0, 0.1) is 0 Å². The zero-order valence-electron chi connectivity index (χ0n) is 10.3. The van der Waals surface area contributed by atoms with Gasteiger partial charge in [-0.15, -0.1) is 10.2 Å². The Morgan fingerprint density at radius 2 is 2.29 bits per heavy atom. The van der Waals surface area contributed by atoms with Crippen LogP contribution in [0.25, 0.3) is 0 Å². The summed E-state index contributed by atoms with van der Waals surface area (Å²) in [6, 6.07) is 0. The van der Waals surface area contributed by atoms with Gasteiger partial charge in [0.1, 0.15) is 11.1 Å². The quantitative estimate of drug-likeness (QED) is 0.600. The first-order valence-electron chi connectivity index (χ1n) is 5.50. The summed E-state index contributed by atoms with van der Waals surface area (Å²) < 4.78 is 6.62. The van der Waals surface area contributed by atoms with Crippen LogP contribution >= 0.6 is 11.8 Å². The molecule has 1 aromatic heterocycles. The third-order valence-corrected chi connectivity index (χ3v) is 3.30. The Hall–Kier alpha value is -1.08. The fourth-order valence-electron chi connectivity index (χ4n) is 1.38. The van der Waals surface area contributed by atoms with Crippen molar-refractivity contribution in [1.29, 1.82) is 0 Å². The highest BCUT2D eigenvalue weighted by molar-refractivity contribution is 8.00. The molecule has 0 fully saturated rings. The number of aromatic nitrogens is 3. The zero-order valence-corrected chi connectivity index (χ0v) is 11.2. The van der Waals surface area contributed by atoms with E-state index >= 15 is 0 Å². The summed E-state index contributed by atoms with van der Waals surface area (Å²) in [6.07, 6.45) is 0.963. The summed E-state index contributed by atoms with van der Waals surface area (Å²) in [6.45, 7) is 5.00. The lowest BCUT2D eigenvalue weighted by Crippen LogP contribution is -2.16. The normalized spacial score (nSPS) is 12.5. The minimum Gasteiger partial charge on any atom is -0.468 e. The number of methoxy groups -OCH3 is 1. The number of thioether (sulfide) groups is 1. The van der Waals surface area contributed by atoms with Gasteiger partial charge in [0.2, 0.25) is 0 Å². The fraction of sp³-hybridized carbons (Fsp3) is 0.700. The summed E-state index contributed by atoms with van der Waals surface area (Å²) in [5, 5.41) is 8.47. The lowest BCUT2D eigenvalue weighted by Gasteiger charge is -2.10. The van der Waals surface area contributed by atoms with Crippen LogP contribution in [0.4, 0.5) is 0 Å². The van der Waals surface area contributed by atoms with Crippen molar-refractivity contribution in [3.8, 4) is 0 Å². The van der Waals surface area contributed by atoms with Gasteiger partial charge in [-0.3, -0.25) is 4.79 Å². The Morgan fingerprint density at radius 3 is 2.82 bits per heavy atom. The number of esters is 1. The molecule has 1 heterocycles. The third kappa shape index (κ3) is 3.44. The average Bonchev–Trinajstić information content (AvgIpc) is 2.71. The predicted octanol–water partition coefficient (Wildman–Crippen LogP) is 0.800. The van der Waals surface area contributed by atoms with Gasteiger partial charge in [0.25, 0.3) is 0 Å². The van der Waals surface area contributed by atoms with Gasteiger partial charge in [-0.2, -0.15) is 0 Å². The largest absolute Gasteiger partial charge is 0.468 e. The number of nitrogens with zero attached hydrogens (tertiary/aromatic N) is 3. The number of hydrogen-bond donors (Lipinski definition) is 1. The molecule has 1 atom stereocenters. The van der Waals surface area contributed by atoms with Gasteiger partial charge < -0.3 is 15.0 Å².